The van der Waals surface area contributed by atoms with Crippen molar-refractivity contribution in [3.8, 4) is 0 Å². The van der Waals surface area contributed by atoms with Gasteiger partial charge in [0, 0.05) is 35.0 Å². The van der Waals surface area contributed by atoms with Gasteiger partial charge in [0.15, 0.2) is 6.20 Å². The molecular formula is C20H19N2S+. The maximum absolute atomic E-state index is 2.43. The van der Waals surface area contributed by atoms with Crippen LogP contribution >= 0.6 is 11.8 Å². The molecule has 0 amide bonds. The molecule has 2 nitrogen and oxygen atoms in total. The second kappa shape index (κ2) is 5.74. The molecule has 0 atom stereocenters. The van der Waals surface area contributed by atoms with Crippen molar-refractivity contribution in [2.24, 2.45) is 7.05 Å². The number of benzene rings is 2. The van der Waals surface area contributed by atoms with Crippen LogP contribution in [0.3, 0.4) is 0 Å². The molecule has 0 fully saturated rings. The zero-order chi connectivity index (χ0) is 15.8. The summed E-state index contributed by atoms with van der Waals surface area (Å²) in [6, 6.07) is 19.4. The molecule has 0 radical (unpaired) electrons. The molecule has 0 spiro atoms. The third-order valence-electron chi connectivity index (χ3n) is 4.30. The number of anilines is 1. The molecule has 2 aromatic carbocycles. The fourth-order valence-electron chi connectivity index (χ4n) is 3.11. The summed E-state index contributed by atoms with van der Waals surface area (Å²) < 4.78 is 2.16. The summed E-state index contributed by atoms with van der Waals surface area (Å²) in [5, 5.41) is 3.93. The van der Waals surface area contributed by atoms with Gasteiger partial charge in [-0.25, -0.2) is 4.57 Å². The van der Waals surface area contributed by atoms with Crippen LogP contribution in [0.2, 0.25) is 0 Å². The Balaban J connectivity index is 1.87. The largest absolute Gasteiger partial charge is 0.335 e. The molecule has 1 aliphatic heterocycles. The standard InChI is InChI=1S/C20H19N2S/c1-3-22-19(14-16-9-6-7-13-21(16)2)23-18-12-11-15-8-4-5-10-17(15)20(18)22/h4-14H,3H2,1-2H3/q+1. The first-order valence-electron chi connectivity index (χ1n) is 7.91. The molecule has 0 unspecified atom stereocenters. The Labute approximate surface area is 141 Å². The highest BCUT2D eigenvalue weighted by Gasteiger charge is 2.26. The molecule has 0 saturated carbocycles. The molecule has 1 aliphatic rings. The summed E-state index contributed by atoms with van der Waals surface area (Å²) in [7, 11) is 2.09. The molecule has 2 heterocycles. The van der Waals surface area contributed by atoms with E-state index in [4.69, 9.17) is 0 Å². The summed E-state index contributed by atoms with van der Waals surface area (Å²) in [4.78, 5) is 3.77. The lowest BCUT2D eigenvalue weighted by Gasteiger charge is -2.19. The third kappa shape index (κ3) is 2.41. The minimum atomic E-state index is 0.969. The first-order chi connectivity index (χ1) is 11.3. The molecule has 0 saturated heterocycles. The smallest absolute Gasteiger partial charge is 0.207 e. The van der Waals surface area contributed by atoms with Gasteiger partial charge in [0.1, 0.15) is 7.05 Å². The van der Waals surface area contributed by atoms with E-state index in [0.717, 1.165) is 6.54 Å². The molecule has 3 aromatic rings. The minimum absolute atomic E-state index is 0.969. The number of aryl methyl sites for hydroxylation is 1. The molecule has 0 bridgehead atoms. The van der Waals surface area contributed by atoms with E-state index in [1.54, 1.807) is 0 Å². The lowest BCUT2D eigenvalue weighted by molar-refractivity contribution is -0.673. The van der Waals surface area contributed by atoms with Gasteiger partial charge < -0.3 is 4.90 Å². The quantitative estimate of drug-likeness (QED) is 0.638. The summed E-state index contributed by atoms with van der Waals surface area (Å²) in [5.41, 5.74) is 2.56. The number of hydrogen-bond acceptors (Lipinski definition) is 2. The number of rotatable bonds is 2. The van der Waals surface area contributed by atoms with Gasteiger partial charge in [-0.15, -0.1) is 0 Å². The van der Waals surface area contributed by atoms with Crippen molar-refractivity contribution in [3.63, 3.8) is 0 Å². The fourth-order valence-corrected chi connectivity index (χ4v) is 4.30. The van der Waals surface area contributed by atoms with Crippen LogP contribution in [0, 0.1) is 0 Å². The number of hydrogen-bond donors (Lipinski definition) is 0. The van der Waals surface area contributed by atoms with Crippen molar-refractivity contribution < 1.29 is 4.57 Å². The van der Waals surface area contributed by atoms with Crippen molar-refractivity contribution in [2.75, 3.05) is 11.4 Å². The zero-order valence-electron chi connectivity index (χ0n) is 13.4. The average molecular weight is 319 g/mol. The molecule has 3 heteroatoms. The molecule has 0 aliphatic carbocycles. The van der Waals surface area contributed by atoms with Gasteiger partial charge in [0.25, 0.3) is 0 Å². The minimum Gasteiger partial charge on any atom is -0.335 e. The molecule has 4 rings (SSSR count). The maximum Gasteiger partial charge on any atom is 0.207 e. The second-order valence-electron chi connectivity index (χ2n) is 5.70. The van der Waals surface area contributed by atoms with Crippen LogP contribution in [0.1, 0.15) is 12.6 Å². The normalized spacial score (nSPS) is 15.4. The van der Waals surface area contributed by atoms with Crippen molar-refractivity contribution >= 4 is 34.3 Å². The van der Waals surface area contributed by atoms with E-state index in [0.29, 0.717) is 0 Å². The van der Waals surface area contributed by atoms with E-state index in [-0.39, 0.29) is 0 Å². The highest BCUT2D eigenvalue weighted by atomic mass is 32.2. The van der Waals surface area contributed by atoms with Gasteiger partial charge in [0.05, 0.1) is 10.7 Å². The van der Waals surface area contributed by atoms with E-state index >= 15 is 0 Å². The second-order valence-corrected chi connectivity index (χ2v) is 6.76. The number of pyridine rings is 1. The van der Waals surface area contributed by atoms with Crippen LogP contribution in [-0.2, 0) is 7.05 Å². The van der Waals surface area contributed by atoms with Crippen molar-refractivity contribution in [1.29, 1.82) is 0 Å². The van der Waals surface area contributed by atoms with Gasteiger partial charge in [-0.05, 0) is 24.4 Å². The van der Waals surface area contributed by atoms with Crippen LogP contribution in [0.5, 0.6) is 0 Å². The molecular weight excluding hydrogens is 300 g/mol. The van der Waals surface area contributed by atoms with Gasteiger partial charge in [-0.1, -0.05) is 42.1 Å². The van der Waals surface area contributed by atoms with Crippen LogP contribution in [-0.4, -0.2) is 6.54 Å². The Bertz CT molecular complexity index is 914. The number of nitrogens with zero attached hydrogens (tertiary/aromatic N) is 2. The van der Waals surface area contributed by atoms with E-state index in [1.807, 2.05) is 11.8 Å². The highest BCUT2D eigenvalue weighted by Crippen LogP contribution is 2.49. The first-order valence-corrected chi connectivity index (χ1v) is 8.73. The Hall–Kier alpha value is -2.26. The van der Waals surface area contributed by atoms with Crippen LogP contribution < -0.4 is 9.47 Å². The van der Waals surface area contributed by atoms with Crippen LogP contribution in [0.4, 0.5) is 5.69 Å². The number of aromatic nitrogens is 1. The molecule has 0 N–H and O–H groups in total. The highest BCUT2D eigenvalue weighted by molar-refractivity contribution is 8.04. The summed E-state index contributed by atoms with van der Waals surface area (Å²) in [5.74, 6) is 0. The maximum atomic E-state index is 2.43. The van der Waals surface area contributed by atoms with Gasteiger partial charge in [-0.3, -0.25) is 0 Å². The monoisotopic (exact) mass is 319 g/mol. The topological polar surface area (TPSA) is 7.12 Å². The summed E-state index contributed by atoms with van der Waals surface area (Å²) in [6.07, 6.45) is 4.37. The van der Waals surface area contributed by atoms with Gasteiger partial charge in [-0.2, -0.15) is 0 Å². The predicted molar refractivity (Wildman–Crippen MR) is 98.4 cm³/mol. The molecule has 114 valence electrons. The van der Waals surface area contributed by atoms with Crippen molar-refractivity contribution in [3.05, 3.63) is 71.5 Å². The Kier molecular flexibility index (Phi) is 3.58. The van der Waals surface area contributed by atoms with E-state index in [1.165, 1.54) is 32.1 Å². The lowest BCUT2D eigenvalue weighted by atomic mass is 10.1. The van der Waals surface area contributed by atoms with Crippen LogP contribution in [0.15, 0.2) is 70.7 Å². The number of fused-ring (bicyclic) bond motifs is 3. The zero-order valence-corrected chi connectivity index (χ0v) is 14.2. The Morgan fingerprint density at radius 2 is 1.87 bits per heavy atom. The van der Waals surface area contributed by atoms with Crippen molar-refractivity contribution in [2.45, 2.75) is 11.8 Å². The first kappa shape index (κ1) is 14.3. The lowest BCUT2D eigenvalue weighted by Crippen LogP contribution is -2.31. The summed E-state index contributed by atoms with van der Waals surface area (Å²) >= 11 is 1.86. The van der Waals surface area contributed by atoms with Gasteiger partial charge in [0.2, 0.25) is 5.69 Å². The summed E-state index contributed by atoms with van der Waals surface area (Å²) in [6.45, 7) is 3.19. The third-order valence-corrected chi connectivity index (χ3v) is 5.39. The van der Waals surface area contributed by atoms with E-state index in [9.17, 15) is 0 Å². The fraction of sp³-hybridized carbons (Fsp3) is 0.150. The van der Waals surface area contributed by atoms with Crippen molar-refractivity contribution in [1.82, 2.24) is 0 Å². The Morgan fingerprint density at radius 1 is 1.04 bits per heavy atom. The van der Waals surface area contributed by atoms with Gasteiger partial charge >= 0.3 is 0 Å². The average Bonchev–Trinajstić information content (AvgIpc) is 2.94. The SMILES string of the molecule is CCN1/C(=C/c2cccc[n+]2C)Sc2ccc3ccccc3c21. The van der Waals surface area contributed by atoms with Crippen LogP contribution in [0.25, 0.3) is 16.8 Å². The van der Waals surface area contributed by atoms with E-state index in [2.05, 4.69) is 90.3 Å². The molecule has 1 aromatic heterocycles. The van der Waals surface area contributed by atoms with E-state index < -0.39 is 0 Å². The molecule has 23 heavy (non-hydrogen) atoms. The Morgan fingerprint density at radius 3 is 2.70 bits per heavy atom. The predicted octanol–water partition coefficient (Wildman–Crippen LogP) is 4.59. The number of thioether (sulfide) groups is 1.